The van der Waals surface area contributed by atoms with Crippen LogP contribution in [-0.2, 0) is 26.0 Å². The zero-order valence-corrected chi connectivity index (χ0v) is 15.1. The molecule has 0 spiro atoms. The van der Waals surface area contributed by atoms with E-state index in [4.69, 9.17) is 0 Å². The molecule has 0 saturated carbocycles. The summed E-state index contributed by atoms with van der Waals surface area (Å²) in [4.78, 5) is 27.1. The quantitative estimate of drug-likeness (QED) is 0.839. The molecule has 0 atom stereocenters. The lowest BCUT2D eigenvalue weighted by Crippen LogP contribution is -2.32. The molecule has 8 heteroatoms. The minimum absolute atomic E-state index is 0.00810. The van der Waals surface area contributed by atoms with Gasteiger partial charge in [-0.3, -0.25) is 9.59 Å². The summed E-state index contributed by atoms with van der Waals surface area (Å²) >= 11 is 0. The van der Waals surface area contributed by atoms with Crippen LogP contribution in [0.3, 0.4) is 0 Å². The Morgan fingerprint density at radius 3 is 2.56 bits per heavy atom. The number of amides is 2. The summed E-state index contributed by atoms with van der Waals surface area (Å²) in [6.07, 6.45) is 2.85. The van der Waals surface area contributed by atoms with Gasteiger partial charge in [-0.2, -0.15) is 0 Å². The number of carbonyl (C=O) groups excluding carboxylic acids is 2. The average Bonchev–Trinajstić information content (AvgIpc) is 3.23. The van der Waals surface area contributed by atoms with Gasteiger partial charge in [0.05, 0.1) is 4.90 Å². The van der Waals surface area contributed by atoms with Gasteiger partial charge in [0.1, 0.15) is 0 Å². The van der Waals surface area contributed by atoms with Crippen molar-refractivity contribution in [2.75, 3.05) is 31.1 Å². The monoisotopic (exact) mass is 365 g/mol. The molecule has 7 nitrogen and oxygen atoms in total. The topological polar surface area (TPSA) is 86.8 Å². The molecule has 2 aliphatic rings. The van der Waals surface area contributed by atoms with Gasteiger partial charge in [0, 0.05) is 45.2 Å². The second-order valence-electron chi connectivity index (χ2n) is 6.45. The van der Waals surface area contributed by atoms with Crippen LogP contribution in [-0.4, -0.2) is 51.3 Å². The summed E-state index contributed by atoms with van der Waals surface area (Å²) < 4.78 is 27.4. The van der Waals surface area contributed by atoms with E-state index in [1.54, 1.807) is 21.9 Å². The predicted octanol–water partition coefficient (Wildman–Crippen LogP) is 0.886. The molecule has 0 unspecified atom stereocenters. The van der Waals surface area contributed by atoms with E-state index in [1.807, 2.05) is 0 Å². The number of likely N-dealkylation sites (tertiary alicyclic amines) is 1. The Kier molecular flexibility index (Phi) is 5.10. The van der Waals surface area contributed by atoms with Crippen molar-refractivity contribution < 1.29 is 18.0 Å². The fourth-order valence-electron chi connectivity index (χ4n) is 3.37. The van der Waals surface area contributed by atoms with Crippen LogP contribution in [0.2, 0.25) is 0 Å². The van der Waals surface area contributed by atoms with E-state index in [0.717, 1.165) is 37.2 Å². The van der Waals surface area contributed by atoms with Gasteiger partial charge in [-0.05, 0) is 43.0 Å². The van der Waals surface area contributed by atoms with Crippen LogP contribution >= 0.6 is 0 Å². The zero-order valence-electron chi connectivity index (χ0n) is 14.3. The van der Waals surface area contributed by atoms with Gasteiger partial charge in [-0.1, -0.05) is 0 Å². The third-order valence-corrected chi connectivity index (χ3v) is 6.19. The van der Waals surface area contributed by atoms with Gasteiger partial charge >= 0.3 is 0 Å². The number of benzene rings is 1. The molecular weight excluding hydrogens is 342 g/mol. The SMILES string of the molecule is CC(=O)N1CCc2cc(S(=O)(=O)NCCC(=O)N3CCCC3)ccc21. The molecule has 136 valence electrons. The maximum atomic E-state index is 12.4. The number of rotatable bonds is 5. The van der Waals surface area contributed by atoms with Crippen LogP contribution in [0.15, 0.2) is 23.1 Å². The molecule has 1 aromatic rings. The second kappa shape index (κ2) is 7.13. The van der Waals surface area contributed by atoms with Gasteiger partial charge in [-0.25, -0.2) is 13.1 Å². The van der Waals surface area contributed by atoms with Crippen molar-refractivity contribution in [1.29, 1.82) is 0 Å². The number of fused-ring (bicyclic) bond motifs is 1. The van der Waals surface area contributed by atoms with Crippen molar-refractivity contribution in [3.05, 3.63) is 23.8 Å². The summed E-state index contributed by atoms with van der Waals surface area (Å²) in [5.74, 6) is -0.0563. The number of anilines is 1. The first-order valence-corrected chi connectivity index (χ1v) is 10.1. The molecule has 1 N–H and O–H groups in total. The highest BCUT2D eigenvalue weighted by Crippen LogP contribution is 2.30. The Labute approximate surface area is 148 Å². The lowest BCUT2D eigenvalue weighted by atomic mass is 10.2. The first-order chi connectivity index (χ1) is 11.9. The van der Waals surface area contributed by atoms with Gasteiger partial charge < -0.3 is 9.80 Å². The number of hydrogen-bond donors (Lipinski definition) is 1. The Hall–Kier alpha value is -1.93. The van der Waals surface area contributed by atoms with Crippen molar-refractivity contribution in [2.45, 2.75) is 37.5 Å². The van der Waals surface area contributed by atoms with Crippen LogP contribution in [0.4, 0.5) is 5.69 Å². The van der Waals surface area contributed by atoms with E-state index < -0.39 is 10.0 Å². The smallest absolute Gasteiger partial charge is 0.240 e. The number of hydrogen-bond acceptors (Lipinski definition) is 4. The van der Waals surface area contributed by atoms with E-state index in [0.29, 0.717) is 13.0 Å². The molecule has 2 aliphatic heterocycles. The third kappa shape index (κ3) is 3.85. The maximum Gasteiger partial charge on any atom is 0.240 e. The van der Waals surface area contributed by atoms with E-state index in [-0.39, 0.29) is 29.7 Å². The van der Waals surface area contributed by atoms with E-state index >= 15 is 0 Å². The molecule has 0 radical (unpaired) electrons. The minimum atomic E-state index is -3.66. The van der Waals surface area contributed by atoms with E-state index in [1.165, 1.54) is 13.0 Å². The molecule has 0 aliphatic carbocycles. The Bertz CT molecular complexity index is 785. The predicted molar refractivity (Wildman–Crippen MR) is 93.8 cm³/mol. The van der Waals surface area contributed by atoms with Crippen LogP contribution in [0.1, 0.15) is 31.7 Å². The van der Waals surface area contributed by atoms with Crippen molar-refractivity contribution in [1.82, 2.24) is 9.62 Å². The zero-order chi connectivity index (χ0) is 18.0. The highest BCUT2D eigenvalue weighted by molar-refractivity contribution is 7.89. The Morgan fingerprint density at radius 2 is 1.88 bits per heavy atom. The second-order valence-corrected chi connectivity index (χ2v) is 8.21. The molecule has 1 fully saturated rings. The normalized spacial score (nSPS) is 17.0. The standard InChI is InChI=1S/C17H23N3O4S/c1-13(21)20-11-7-14-12-15(4-5-16(14)20)25(23,24)18-8-6-17(22)19-9-2-3-10-19/h4-5,12,18H,2-3,6-11H2,1H3. The van der Waals surface area contributed by atoms with Gasteiger partial charge in [0.15, 0.2) is 0 Å². The van der Waals surface area contributed by atoms with Gasteiger partial charge in [0.2, 0.25) is 21.8 Å². The van der Waals surface area contributed by atoms with Gasteiger partial charge in [0.25, 0.3) is 0 Å². The molecule has 3 rings (SSSR count). The van der Waals surface area contributed by atoms with Crippen LogP contribution in [0, 0.1) is 0 Å². The molecular formula is C17H23N3O4S. The molecule has 1 saturated heterocycles. The summed E-state index contributed by atoms with van der Waals surface area (Å²) in [6.45, 7) is 3.70. The van der Waals surface area contributed by atoms with E-state index in [2.05, 4.69) is 4.72 Å². The lowest BCUT2D eigenvalue weighted by Gasteiger charge is -2.16. The van der Waals surface area contributed by atoms with Crippen molar-refractivity contribution in [2.24, 2.45) is 0 Å². The molecule has 2 heterocycles. The van der Waals surface area contributed by atoms with Crippen molar-refractivity contribution in [3.63, 3.8) is 0 Å². The number of sulfonamides is 1. The average molecular weight is 365 g/mol. The maximum absolute atomic E-state index is 12.4. The Balaban J connectivity index is 1.62. The molecule has 0 bridgehead atoms. The molecule has 1 aromatic carbocycles. The van der Waals surface area contributed by atoms with Crippen LogP contribution in [0.25, 0.3) is 0 Å². The summed E-state index contributed by atoms with van der Waals surface area (Å²) in [5.41, 5.74) is 1.63. The summed E-state index contributed by atoms with van der Waals surface area (Å²) in [7, 11) is -3.66. The summed E-state index contributed by atoms with van der Waals surface area (Å²) in [6, 6.07) is 4.79. The molecule has 0 aromatic heterocycles. The lowest BCUT2D eigenvalue weighted by molar-refractivity contribution is -0.129. The number of nitrogens with zero attached hydrogens (tertiary/aromatic N) is 2. The van der Waals surface area contributed by atoms with E-state index in [9.17, 15) is 18.0 Å². The first-order valence-electron chi connectivity index (χ1n) is 8.57. The minimum Gasteiger partial charge on any atom is -0.343 e. The molecule has 2 amide bonds. The number of nitrogens with one attached hydrogen (secondary N) is 1. The van der Waals surface area contributed by atoms with Crippen LogP contribution in [0.5, 0.6) is 0 Å². The van der Waals surface area contributed by atoms with Gasteiger partial charge in [-0.15, -0.1) is 0 Å². The number of carbonyl (C=O) groups is 2. The fraction of sp³-hybridized carbons (Fsp3) is 0.529. The van der Waals surface area contributed by atoms with Crippen molar-refractivity contribution >= 4 is 27.5 Å². The third-order valence-electron chi connectivity index (χ3n) is 4.73. The fourth-order valence-corrected chi connectivity index (χ4v) is 4.45. The Morgan fingerprint density at radius 1 is 1.16 bits per heavy atom. The highest BCUT2D eigenvalue weighted by atomic mass is 32.2. The largest absolute Gasteiger partial charge is 0.343 e. The van der Waals surface area contributed by atoms with Crippen molar-refractivity contribution in [3.8, 4) is 0 Å². The highest BCUT2D eigenvalue weighted by Gasteiger charge is 2.25. The summed E-state index contributed by atoms with van der Waals surface area (Å²) in [5, 5.41) is 0. The first kappa shape index (κ1) is 17.9. The molecule has 25 heavy (non-hydrogen) atoms. The van der Waals surface area contributed by atoms with Crippen LogP contribution < -0.4 is 9.62 Å².